The number of carbonyl (C=O) groups is 1. The highest BCUT2D eigenvalue weighted by Gasteiger charge is 2.32. The molecule has 0 aliphatic carbocycles. The summed E-state index contributed by atoms with van der Waals surface area (Å²) in [6.45, 7) is 1.06. The van der Waals surface area contributed by atoms with Gasteiger partial charge in [-0.1, -0.05) is 23.2 Å². The predicted molar refractivity (Wildman–Crippen MR) is 110 cm³/mol. The molecule has 3 rings (SSSR count). The lowest BCUT2D eigenvalue weighted by Crippen LogP contribution is -2.51. The minimum Gasteiger partial charge on any atom is -0.353 e. The Kier molecular flexibility index (Phi) is 6.77. The Bertz CT molecular complexity index is 1030. The van der Waals surface area contributed by atoms with Crippen molar-refractivity contribution in [2.24, 2.45) is 0 Å². The van der Waals surface area contributed by atoms with Gasteiger partial charge in [0.05, 0.1) is 11.8 Å². The van der Waals surface area contributed by atoms with Gasteiger partial charge in [-0.25, -0.2) is 14.8 Å². The van der Waals surface area contributed by atoms with Gasteiger partial charge in [-0.2, -0.15) is 18.4 Å². The van der Waals surface area contributed by atoms with E-state index in [9.17, 15) is 18.0 Å². The number of hydrogen-bond donors (Lipinski definition) is 1. The van der Waals surface area contributed by atoms with Crippen LogP contribution in [0.15, 0.2) is 24.4 Å². The maximum Gasteiger partial charge on any atom is 0.416 e. The van der Waals surface area contributed by atoms with Gasteiger partial charge in [-0.15, -0.1) is 0 Å². The van der Waals surface area contributed by atoms with Crippen LogP contribution in [-0.4, -0.2) is 42.2 Å². The second-order valence-corrected chi connectivity index (χ2v) is 7.76. The first-order valence-corrected chi connectivity index (χ1v) is 9.93. The van der Waals surface area contributed by atoms with Crippen LogP contribution in [0.25, 0.3) is 0 Å². The van der Waals surface area contributed by atoms with Gasteiger partial charge in [-0.3, -0.25) is 4.90 Å². The summed E-state index contributed by atoms with van der Waals surface area (Å²) in [5.74, 6) is 0.473. The molecule has 164 valence electrons. The van der Waals surface area contributed by atoms with Crippen LogP contribution in [-0.2, 0) is 6.18 Å². The third-order valence-electron chi connectivity index (χ3n) is 4.80. The van der Waals surface area contributed by atoms with E-state index >= 15 is 0 Å². The van der Waals surface area contributed by atoms with E-state index in [1.807, 2.05) is 11.0 Å². The first-order chi connectivity index (χ1) is 14.6. The van der Waals surface area contributed by atoms with Crippen LogP contribution in [0.2, 0.25) is 10.2 Å². The minimum atomic E-state index is -4.58. The summed E-state index contributed by atoms with van der Waals surface area (Å²) in [5, 5.41) is 11.6. The zero-order valence-electron chi connectivity index (χ0n) is 16.2. The van der Waals surface area contributed by atoms with E-state index in [0.717, 1.165) is 23.5 Å². The van der Waals surface area contributed by atoms with Gasteiger partial charge < -0.3 is 10.2 Å². The summed E-state index contributed by atoms with van der Waals surface area (Å²) in [7, 11) is 1.37. The lowest BCUT2D eigenvalue weighted by atomic mass is 10.1. The fraction of sp³-hybridized carbons (Fsp3) is 0.368. The second kappa shape index (κ2) is 9.16. The number of aromatic nitrogens is 2. The molecule has 0 radical (unpaired) electrons. The van der Waals surface area contributed by atoms with E-state index in [2.05, 4.69) is 15.3 Å². The molecular formula is C19H17Cl2F3N6O. The Morgan fingerprint density at radius 3 is 2.74 bits per heavy atom. The minimum absolute atomic E-state index is 0.00711. The Morgan fingerprint density at radius 2 is 2.10 bits per heavy atom. The number of alkyl halides is 3. The molecule has 1 atom stereocenters. The molecule has 2 aromatic rings. The first-order valence-electron chi connectivity index (χ1n) is 9.18. The smallest absolute Gasteiger partial charge is 0.353 e. The third-order valence-corrected chi connectivity index (χ3v) is 5.28. The highest BCUT2D eigenvalue weighted by atomic mass is 35.5. The average Bonchev–Trinajstić information content (AvgIpc) is 2.72. The fourth-order valence-corrected chi connectivity index (χ4v) is 3.62. The topological polar surface area (TPSA) is 85.2 Å². The molecule has 2 amide bonds. The van der Waals surface area contributed by atoms with Gasteiger partial charge >= 0.3 is 12.2 Å². The molecule has 1 fully saturated rings. The van der Waals surface area contributed by atoms with Crippen molar-refractivity contribution in [2.45, 2.75) is 25.1 Å². The molecule has 0 spiro atoms. The molecule has 1 aliphatic heterocycles. The first kappa shape index (κ1) is 22.9. The molecule has 12 heteroatoms. The number of nitrogens with zero attached hydrogens (tertiary/aromatic N) is 5. The van der Waals surface area contributed by atoms with Crippen LogP contribution in [0.1, 0.15) is 24.1 Å². The summed E-state index contributed by atoms with van der Waals surface area (Å²) in [5.41, 5.74) is -0.891. The molecule has 1 aromatic heterocycles. The van der Waals surface area contributed by atoms with E-state index in [4.69, 9.17) is 28.5 Å². The van der Waals surface area contributed by atoms with Crippen molar-refractivity contribution in [3.63, 3.8) is 0 Å². The Morgan fingerprint density at radius 1 is 1.35 bits per heavy atom. The van der Waals surface area contributed by atoms with Crippen LogP contribution < -0.4 is 15.1 Å². The van der Waals surface area contributed by atoms with Crippen LogP contribution in [0.5, 0.6) is 0 Å². The van der Waals surface area contributed by atoms with E-state index in [1.54, 1.807) is 0 Å². The number of urea groups is 1. The molecule has 1 unspecified atom stereocenters. The lowest BCUT2D eigenvalue weighted by molar-refractivity contribution is -0.137. The molecule has 0 bridgehead atoms. The van der Waals surface area contributed by atoms with Crippen LogP contribution in [0, 0.1) is 11.3 Å². The highest BCUT2D eigenvalue weighted by Crippen LogP contribution is 2.34. The van der Waals surface area contributed by atoms with Crippen molar-refractivity contribution in [2.75, 3.05) is 29.9 Å². The number of halogens is 5. The summed E-state index contributed by atoms with van der Waals surface area (Å²) < 4.78 is 39.1. The Labute approximate surface area is 186 Å². The van der Waals surface area contributed by atoms with Gasteiger partial charge in [0.1, 0.15) is 11.9 Å². The van der Waals surface area contributed by atoms with Gasteiger partial charge in [0.2, 0.25) is 0 Å². The largest absolute Gasteiger partial charge is 0.416 e. The number of carbonyl (C=O) groups excluding carboxylic acids is 1. The van der Waals surface area contributed by atoms with E-state index in [1.165, 1.54) is 19.3 Å². The number of benzene rings is 1. The lowest BCUT2D eigenvalue weighted by Gasteiger charge is -2.34. The van der Waals surface area contributed by atoms with Crippen LogP contribution in [0.3, 0.4) is 0 Å². The number of piperidine rings is 1. The van der Waals surface area contributed by atoms with E-state index in [-0.39, 0.29) is 27.6 Å². The molecule has 31 heavy (non-hydrogen) atoms. The third kappa shape index (κ3) is 5.48. The quantitative estimate of drug-likeness (QED) is 0.711. The van der Waals surface area contributed by atoms with Gasteiger partial charge in [0.25, 0.3) is 0 Å². The number of anilines is 2. The number of nitriles is 1. The van der Waals surface area contributed by atoms with Crippen molar-refractivity contribution in [3.8, 4) is 6.07 Å². The van der Waals surface area contributed by atoms with Crippen molar-refractivity contribution in [1.82, 2.24) is 15.3 Å². The molecule has 1 N–H and O–H groups in total. The van der Waals surface area contributed by atoms with Gasteiger partial charge in [0, 0.05) is 36.9 Å². The molecule has 0 saturated carbocycles. The van der Waals surface area contributed by atoms with Gasteiger partial charge in [0.15, 0.2) is 10.8 Å². The van der Waals surface area contributed by atoms with Crippen molar-refractivity contribution in [1.29, 1.82) is 5.26 Å². The number of amides is 2. The summed E-state index contributed by atoms with van der Waals surface area (Å²) in [6, 6.07) is 3.96. The Balaban J connectivity index is 1.70. The molecular weight excluding hydrogens is 456 g/mol. The Hall–Kier alpha value is -2.77. The van der Waals surface area contributed by atoms with E-state index < -0.39 is 17.8 Å². The molecule has 1 saturated heterocycles. The normalized spacial score (nSPS) is 16.5. The maximum absolute atomic E-state index is 13.0. The SMILES string of the molecule is CN(C(=O)NC1CCCN(c2cnc(C#N)c(Cl)n2)C1)c1cc(Cl)cc(C(F)(F)F)c1. The summed E-state index contributed by atoms with van der Waals surface area (Å²) >= 11 is 11.8. The molecule has 1 aromatic carbocycles. The van der Waals surface area contributed by atoms with Gasteiger partial charge in [-0.05, 0) is 31.0 Å². The fourth-order valence-electron chi connectivity index (χ4n) is 3.21. The average molecular weight is 473 g/mol. The van der Waals surface area contributed by atoms with Crippen LogP contribution >= 0.6 is 23.2 Å². The number of rotatable bonds is 3. The van der Waals surface area contributed by atoms with Crippen molar-refractivity contribution >= 4 is 40.7 Å². The highest BCUT2D eigenvalue weighted by molar-refractivity contribution is 6.31. The van der Waals surface area contributed by atoms with Crippen LogP contribution in [0.4, 0.5) is 29.5 Å². The molecule has 7 nitrogen and oxygen atoms in total. The second-order valence-electron chi connectivity index (χ2n) is 6.97. The predicted octanol–water partition coefficient (Wildman–Crippen LogP) is 4.49. The standard InChI is InChI=1S/C19H17Cl2F3N6O/c1-29(14-6-11(19(22,23)24)5-12(20)7-14)18(31)27-13-3-2-4-30(10-13)16-9-26-15(8-25)17(21)28-16/h5-7,9,13H,2-4,10H2,1H3,(H,27,31). The summed E-state index contributed by atoms with van der Waals surface area (Å²) in [4.78, 5) is 23.7. The zero-order chi connectivity index (χ0) is 22.8. The monoisotopic (exact) mass is 472 g/mol. The zero-order valence-corrected chi connectivity index (χ0v) is 17.8. The summed E-state index contributed by atoms with van der Waals surface area (Å²) in [6.07, 6.45) is -1.73. The maximum atomic E-state index is 13.0. The number of hydrogen-bond acceptors (Lipinski definition) is 5. The van der Waals surface area contributed by atoms with Crippen molar-refractivity contribution < 1.29 is 18.0 Å². The number of nitrogens with one attached hydrogen (secondary N) is 1. The van der Waals surface area contributed by atoms with Crippen molar-refractivity contribution in [3.05, 3.63) is 45.8 Å². The van der Waals surface area contributed by atoms with E-state index in [0.29, 0.717) is 25.3 Å². The molecule has 1 aliphatic rings. The molecule has 2 heterocycles.